The van der Waals surface area contributed by atoms with Crippen molar-refractivity contribution in [3.8, 4) is 11.5 Å². The normalized spacial score (nSPS) is 14.2. The molecule has 5 nitrogen and oxygen atoms in total. The highest BCUT2D eigenvalue weighted by Gasteiger charge is 2.32. The number of amidine groups is 1. The fourth-order valence-corrected chi connectivity index (χ4v) is 4.17. The number of carbonyl (C=O) groups excluding carboxylic acids is 1. The Bertz CT molecular complexity index is 1230. The van der Waals surface area contributed by atoms with Crippen molar-refractivity contribution < 1.29 is 18.7 Å². The van der Waals surface area contributed by atoms with Gasteiger partial charge in [0.15, 0.2) is 0 Å². The molecule has 0 saturated heterocycles. The van der Waals surface area contributed by atoms with E-state index >= 15 is 0 Å². The molecule has 0 spiro atoms. The molecule has 0 radical (unpaired) electrons. The summed E-state index contributed by atoms with van der Waals surface area (Å²) in [4.78, 5) is 19.8. The number of hydrogen-bond donors (Lipinski definition) is 0. The number of amides is 1. The summed E-state index contributed by atoms with van der Waals surface area (Å²) >= 11 is 0. The first kappa shape index (κ1) is 26.1. The molecule has 0 fully saturated rings. The predicted molar refractivity (Wildman–Crippen MR) is 147 cm³/mol. The van der Waals surface area contributed by atoms with Gasteiger partial charge in [-0.05, 0) is 78.7 Å². The standard InChI is InChI=1S/C31H33FN2O3/c1-3-4-5-6-7-8-21-37-28-19-15-26(16-20-28)34-30(24-11-17-27(36-2)18-12-24)33-29(31(34)35)22-23-9-13-25(32)14-10-23/h9-20,22H,3-8,21H2,1-2H3/b29-22+. The van der Waals surface area contributed by atoms with E-state index in [4.69, 9.17) is 9.47 Å². The van der Waals surface area contributed by atoms with Gasteiger partial charge in [-0.15, -0.1) is 0 Å². The molecule has 192 valence electrons. The van der Waals surface area contributed by atoms with Crippen LogP contribution < -0.4 is 14.4 Å². The summed E-state index contributed by atoms with van der Waals surface area (Å²) < 4.78 is 24.5. The smallest absolute Gasteiger partial charge is 0.282 e. The van der Waals surface area contributed by atoms with E-state index < -0.39 is 0 Å². The molecule has 3 aromatic rings. The first-order valence-electron chi connectivity index (χ1n) is 12.9. The third-order valence-corrected chi connectivity index (χ3v) is 6.24. The van der Waals surface area contributed by atoms with Gasteiger partial charge in [-0.2, -0.15) is 0 Å². The number of benzene rings is 3. The average Bonchev–Trinajstić information content (AvgIpc) is 3.25. The largest absolute Gasteiger partial charge is 0.497 e. The number of unbranched alkanes of at least 4 members (excludes halogenated alkanes) is 5. The van der Waals surface area contributed by atoms with Crippen LogP contribution in [0.4, 0.5) is 10.1 Å². The number of carbonyl (C=O) groups is 1. The number of ether oxygens (including phenoxy) is 2. The molecule has 0 bridgehead atoms. The lowest BCUT2D eigenvalue weighted by atomic mass is 10.1. The van der Waals surface area contributed by atoms with Gasteiger partial charge in [0, 0.05) is 5.56 Å². The third-order valence-electron chi connectivity index (χ3n) is 6.24. The van der Waals surface area contributed by atoms with Gasteiger partial charge < -0.3 is 9.47 Å². The minimum absolute atomic E-state index is 0.254. The second kappa shape index (κ2) is 12.9. The van der Waals surface area contributed by atoms with Gasteiger partial charge in [0.1, 0.15) is 28.8 Å². The van der Waals surface area contributed by atoms with Crippen LogP contribution in [0.3, 0.4) is 0 Å². The van der Waals surface area contributed by atoms with Crippen molar-refractivity contribution in [2.75, 3.05) is 18.6 Å². The van der Waals surface area contributed by atoms with E-state index in [1.807, 2.05) is 48.5 Å². The summed E-state index contributed by atoms with van der Waals surface area (Å²) in [5.74, 6) is 1.42. The lowest BCUT2D eigenvalue weighted by Gasteiger charge is -2.19. The zero-order chi connectivity index (χ0) is 26.0. The molecule has 0 atom stereocenters. The van der Waals surface area contributed by atoms with Crippen LogP contribution in [0.25, 0.3) is 6.08 Å². The number of nitrogens with zero attached hydrogens (tertiary/aromatic N) is 2. The molecule has 3 aromatic carbocycles. The average molecular weight is 501 g/mol. The Kier molecular flexibility index (Phi) is 9.08. The number of aliphatic imine (C=N–C) groups is 1. The van der Waals surface area contributed by atoms with Crippen LogP contribution in [0, 0.1) is 5.82 Å². The third kappa shape index (κ3) is 6.85. The summed E-state index contributed by atoms with van der Waals surface area (Å²) in [6.07, 6.45) is 8.94. The SMILES string of the molecule is CCCCCCCCOc1ccc(N2C(=O)/C(=C\c3ccc(F)cc3)N=C2c2ccc(OC)cc2)cc1. The van der Waals surface area contributed by atoms with Crippen molar-refractivity contribution >= 4 is 23.5 Å². The lowest BCUT2D eigenvalue weighted by Crippen LogP contribution is -2.32. The van der Waals surface area contributed by atoms with Crippen molar-refractivity contribution in [2.45, 2.75) is 45.4 Å². The molecule has 6 heteroatoms. The molecule has 0 aliphatic carbocycles. The van der Waals surface area contributed by atoms with E-state index in [2.05, 4.69) is 11.9 Å². The minimum atomic E-state index is -0.331. The molecule has 0 saturated carbocycles. The second-order valence-electron chi connectivity index (χ2n) is 9.00. The molecule has 1 amide bonds. The van der Waals surface area contributed by atoms with Crippen molar-refractivity contribution in [2.24, 2.45) is 4.99 Å². The fourth-order valence-electron chi connectivity index (χ4n) is 4.17. The number of halogens is 1. The van der Waals surface area contributed by atoms with Crippen LogP contribution in [0.15, 0.2) is 83.5 Å². The van der Waals surface area contributed by atoms with Gasteiger partial charge in [0.05, 0.1) is 19.4 Å². The van der Waals surface area contributed by atoms with Crippen molar-refractivity contribution in [1.29, 1.82) is 0 Å². The molecule has 1 aliphatic rings. The van der Waals surface area contributed by atoms with Crippen LogP contribution in [0.5, 0.6) is 11.5 Å². The minimum Gasteiger partial charge on any atom is -0.497 e. The summed E-state index contributed by atoms with van der Waals surface area (Å²) in [5.41, 5.74) is 2.44. The molecule has 0 N–H and O–H groups in total. The van der Waals surface area contributed by atoms with E-state index in [0.717, 1.165) is 17.7 Å². The highest BCUT2D eigenvalue weighted by Crippen LogP contribution is 2.30. The molecular weight excluding hydrogens is 467 g/mol. The maximum atomic E-state index is 13.5. The van der Waals surface area contributed by atoms with E-state index in [-0.39, 0.29) is 17.4 Å². The Balaban J connectivity index is 1.52. The monoisotopic (exact) mass is 500 g/mol. The lowest BCUT2D eigenvalue weighted by molar-refractivity contribution is -0.113. The van der Waals surface area contributed by atoms with Gasteiger partial charge in [0.25, 0.3) is 5.91 Å². The number of methoxy groups -OCH3 is 1. The topological polar surface area (TPSA) is 51.1 Å². The van der Waals surface area contributed by atoms with Gasteiger partial charge >= 0.3 is 0 Å². The van der Waals surface area contributed by atoms with Crippen LogP contribution >= 0.6 is 0 Å². The van der Waals surface area contributed by atoms with Crippen LogP contribution in [-0.2, 0) is 4.79 Å². The van der Waals surface area contributed by atoms with Gasteiger partial charge in [0.2, 0.25) is 0 Å². The maximum Gasteiger partial charge on any atom is 0.282 e. The van der Waals surface area contributed by atoms with Gasteiger partial charge in [-0.25, -0.2) is 9.38 Å². The number of anilines is 1. The van der Waals surface area contributed by atoms with E-state index in [0.29, 0.717) is 29.4 Å². The Hall–Kier alpha value is -3.93. The molecule has 1 heterocycles. The summed E-state index contributed by atoms with van der Waals surface area (Å²) in [7, 11) is 1.61. The second-order valence-corrected chi connectivity index (χ2v) is 9.00. The molecule has 4 rings (SSSR count). The predicted octanol–water partition coefficient (Wildman–Crippen LogP) is 7.41. The van der Waals surface area contributed by atoms with Gasteiger partial charge in [-0.1, -0.05) is 51.2 Å². The van der Waals surface area contributed by atoms with Crippen LogP contribution in [0.2, 0.25) is 0 Å². The Morgan fingerprint density at radius 3 is 2.16 bits per heavy atom. The van der Waals surface area contributed by atoms with Crippen molar-refractivity contribution in [3.05, 3.63) is 95.4 Å². The Morgan fingerprint density at radius 1 is 0.838 bits per heavy atom. The van der Waals surface area contributed by atoms with E-state index in [1.165, 1.54) is 44.2 Å². The first-order chi connectivity index (χ1) is 18.1. The number of rotatable bonds is 12. The van der Waals surface area contributed by atoms with E-state index in [1.54, 1.807) is 30.2 Å². The summed E-state index contributed by atoms with van der Waals surface area (Å²) in [6.45, 7) is 2.90. The zero-order valence-corrected chi connectivity index (χ0v) is 21.5. The maximum absolute atomic E-state index is 13.5. The Morgan fingerprint density at radius 2 is 1.49 bits per heavy atom. The summed E-state index contributed by atoms with van der Waals surface area (Å²) in [5, 5.41) is 0. The number of hydrogen-bond acceptors (Lipinski definition) is 4. The van der Waals surface area contributed by atoms with E-state index in [9.17, 15) is 9.18 Å². The molecule has 1 aliphatic heterocycles. The quantitative estimate of drug-likeness (QED) is 0.192. The van der Waals surface area contributed by atoms with Crippen molar-refractivity contribution in [3.63, 3.8) is 0 Å². The zero-order valence-electron chi connectivity index (χ0n) is 21.5. The fraction of sp³-hybridized carbons (Fsp3) is 0.290. The highest BCUT2D eigenvalue weighted by atomic mass is 19.1. The molecule has 0 unspecified atom stereocenters. The molecular formula is C31H33FN2O3. The Labute approximate surface area is 218 Å². The van der Waals surface area contributed by atoms with Crippen molar-refractivity contribution in [1.82, 2.24) is 0 Å². The first-order valence-corrected chi connectivity index (χ1v) is 12.9. The highest BCUT2D eigenvalue weighted by molar-refractivity contribution is 6.33. The summed E-state index contributed by atoms with van der Waals surface area (Å²) in [6, 6.07) is 20.9. The van der Waals surface area contributed by atoms with Crippen LogP contribution in [-0.4, -0.2) is 25.5 Å². The molecule has 0 aromatic heterocycles. The van der Waals surface area contributed by atoms with Crippen LogP contribution in [0.1, 0.15) is 56.6 Å². The molecule has 37 heavy (non-hydrogen) atoms. The van der Waals surface area contributed by atoms with Gasteiger partial charge in [-0.3, -0.25) is 9.69 Å².